The van der Waals surface area contributed by atoms with E-state index in [4.69, 9.17) is 10.8 Å². The van der Waals surface area contributed by atoms with Crippen molar-refractivity contribution in [2.75, 3.05) is 6.54 Å². The molecule has 4 N–H and O–H groups in total. The van der Waals surface area contributed by atoms with Crippen LogP contribution in [0.3, 0.4) is 0 Å². The summed E-state index contributed by atoms with van der Waals surface area (Å²) in [5.74, 6) is -0.194. The smallest absolute Gasteiger partial charge is 0.303 e. The fraction of sp³-hybridized carbons (Fsp3) is 0.846. The van der Waals surface area contributed by atoms with Gasteiger partial charge in [0.1, 0.15) is 0 Å². The lowest BCUT2D eigenvalue weighted by Crippen LogP contribution is -2.35. The number of hydrogen-bond acceptors (Lipinski definition) is 3. The first-order valence-electron chi connectivity index (χ1n) is 6.57. The molecule has 0 rings (SSSR count). The van der Waals surface area contributed by atoms with Crippen LogP contribution in [0.5, 0.6) is 0 Å². The highest BCUT2D eigenvalue weighted by Crippen LogP contribution is 2.09. The van der Waals surface area contributed by atoms with Crippen molar-refractivity contribution in [3.8, 4) is 0 Å². The third-order valence-corrected chi connectivity index (χ3v) is 3.09. The molecule has 0 aromatic rings. The zero-order valence-corrected chi connectivity index (χ0v) is 11.6. The molecule has 1 amide bonds. The molecule has 0 radical (unpaired) electrons. The van der Waals surface area contributed by atoms with Gasteiger partial charge in [0.25, 0.3) is 0 Å². The average molecular weight is 258 g/mol. The number of rotatable bonds is 9. The number of carbonyl (C=O) groups excluding carboxylic acids is 1. The number of amides is 1. The highest BCUT2D eigenvalue weighted by molar-refractivity contribution is 5.76. The molecule has 0 saturated carbocycles. The van der Waals surface area contributed by atoms with Gasteiger partial charge in [0.15, 0.2) is 0 Å². The summed E-state index contributed by atoms with van der Waals surface area (Å²) in [6.45, 7) is 6.57. The molecular weight excluding hydrogens is 232 g/mol. The second kappa shape index (κ2) is 8.91. The van der Waals surface area contributed by atoms with E-state index < -0.39 is 5.97 Å². The van der Waals surface area contributed by atoms with Gasteiger partial charge < -0.3 is 16.2 Å². The lowest BCUT2D eigenvalue weighted by atomic mass is 10.0. The van der Waals surface area contributed by atoms with Crippen LogP contribution in [-0.4, -0.2) is 29.6 Å². The summed E-state index contributed by atoms with van der Waals surface area (Å²) >= 11 is 0. The average Bonchev–Trinajstić information content (AvgIpc) is 2.26. The topological polar surface area (TPSA) is 92.4 Å². The Hall–Kier alpha value is -1.10. The molecule has 0 aliphatic carbocycles. The van der Waals surface area contributed by atoms with Gasteiger partial charge in [-0.3, -0.25) is 9.59 Å². The highest BCUT2D eigenvalue weighted by Gasteiger charge is 2.13. The molecule has 18 heavy (non-hydrogen) atoms. The van der Waals surface area contributed by atoms with Gasteiger partial charge in [-0.2, -0.15) is 0 Å². The lowest BCUT2D eigenvalue weighted by molar-refractivity contribution is -0.137. The number of hydrogen-bond donors (Lipinski definition) is 3. The Balaban J connectivity index is 3.64. The van der Waals surface area contributed by atoms with E-state index >= 15 is 0 Å². The second-order valence-electron chi connectivity index (χ2n) is 5.29. The van der Waals surface area contributed by atoms with Crippen molar-refractivity contribution < 1.29 is 14.7 Å². The SMILES string of the molecule is CC(CCNC(=O)CC(N)C(C)C)CCC(=O)O. The number of nitrogens with one attached hydrogen (secondary N) is 1. The van der Waals surface area contributed by atoms with Crippen molar-refractivity contribution in [2.24, 2.45) is 17.6 Å². The highest BCUT2D eigenvalue weighted by atomic mass is 16.4. The van der Waals surface area contributed by atoms with Gasteiger partial charge in [0.05, 0.1) is 0 Å². The molecule has 5 heteroatoms. The van der Waals surface area contributed by atoms with Crippen LogP contribution in [0.1, 0.15) is 46.5 Å². The standard InChI is InChI=1S/C13H26N2O3/c1-9(2)11(14)8-12(16)15-7-6-10(3)4-5-13(17)18/h9-11H,4-8,14H2,1-3H3,(H,15,16)(H,17,18). The first kappa shape index (κ1) is 16.9. The van der Waals surface area contributed by atoms with E-state index in [1.165, 1.54) is 0 Å². The maximum Gasteiger partial charge on any atom is 0.303 e. The molecule has 0 spiro atoms. The zero-order chi connectivity index (χ0) is 14.1. The fourth-order valence-electron chi connectivity index (χ4n) is 1.49. The van der Waals surface area contributed by atoms with Crippen LogP contribution < -0.4 is 11.1 Å². The Bertz CT molecular complexity index is 267. The fourth-order valence-corrected chi connectivity index (χ4v) is 1.49. The minimum absolute atomic E-state index is 0.0263. The number of carbonyl (C=O) groups is 2. The molecule has 0 aliphatic heterocycles. The third-order valence-electron chi connectivity index (χ3n) is 3.09. The Morgan fingerprint density at radius 3 is 2.33 bits per heavy atom. The monoisotopic (exact) mass is 258 g/mol. The molecular formula is C13H26N2O3. The maximum atomic E-state index is 11.5. The Kier molecular flexibility index (Phi) is 8.37. The first-order chi connectivity index (χ1) is 8.32. The summed E-state index contributed by atoms with van der Waals surface area (Å²) in [5.41, 5.74) is 5.80. The van der Waals surface area contributed by atoms with E-state index in [-0.39, 0.29) is 18.4 Å². The van der Waals surface area contributed by atoms with Gasteiger partial charge >= 0.3 is 5.97 Å². The Morgan fingerprint density at radius 2 is 1.83 bits per heavy atom. The Labute approximate surface area is 109 Å². The van der Waals surface area contributed by atoms with Crippen molar-refractivity contribution in [2.45, 2.75) is 52.5 Å². The molecule has 2 unspecified atom stereocenters. The molecule has 0 fully saturated rings. The van der Waals surface area contributed by atoms with Gasteiger partial charge in [-0.15, -0.1) is 0 Å². The van der Waals surface area contributed by atoms with Crippen LogP contribution in [0.25, 0.3) is 0 Å². The summed E-state index contributed by atoms with van der Waals surface area (Å²) in [6, 6.07) is -0.102. The minimum atomic E-state index is -0.770. The molecule has 0 aromatic heterocycles. The molecule has 0 heterocycles. The predicted molar refractivity (Wildman–Crippen MR) is 71.1 cm³/mol. The molecule has 0 aromatic carbocycles. The molecule has 2 atom stereocenters. The molecule has 0 bridgehead atoms. The minimum Gasteiger partial charge on any atom is -0.481 e. The molecule has 0 aliphatic rings. The van der Waals surface area contributed by atoms with Crippen LogP contribution >= 0.6 is 0 Å². The van der Waals surface area contributed by atoms with Crippen LogP contribution in [0.2, 0.25) is 0 Å². The van der Waals surface area contributed by atoms with Gasteiger partial charge in [0.2, 0.25) is 5.91 Å². The Morgan fingerprint density at radius 1 is 1.22 bits per heavy atom. The number of carboxylic acid groups (broad SMARTS) is 1. The summed E-state index contributed by atoms with van der Waals surface area (Å²) in [4.78, 5) is 21.9. The van der Waals surface area contributed by atoms with Gasteiger partial charge in [-0.25, -0.2) is 0 Å². The maximum absolute atomic E-state index is 11.5. The van der Waals surface area contributed by atoms with Crippen molar-refractivity contribution in [1.82, 2.24) is 5.32 Å². The van der Waals surface area contributed by atoms with Crippen LogP contribution in [0.4, 0.5) is 0 Å². The van der Waals surface area contributed by atoms with E-state index in [0.717, 1.165) is 6.42 Å². The lowest BCUT2D eigenvalue weighted by Gasteiger charge is -2.16. The van der Waals surface area contributed by atoms with E-state index in [9.17, 15) is 9.59 Å². The van der Waals surface area contributed by atoms with Crippen molar-refractivity contribution >= 4 is 11.9 Å². The van der Waals surface area contributed by atoms with Gasteiger partial charge in [-0.05, 0) is 24.7 Å². The summed E-state index contributed by atoms with van der Waals surface area (Å²) in [7, 11) is 0. The molecule has 0 saturated heterocycles. The second-order valence-corrected chi connectivity index (χ2v) is 5.29. The van der Waals surface area contributed by atoms with Crippen molar-refractivity contribution in [1.29, 1.82) is 0 Å². The number of carboxylic acids is 1. The summed E-state index contributed by atoms with van der Waals surface area (Å²) < 4.78 is 0. The number of aliphatic carboxylic acids is 1. The molecule has 106 valence electrons. The number of nitrogens with two attached hydrogens (primary N) is 1. The molecule has 5 nitrogen and oxygen atoms in total. The zero-order valence-electron chi connectivity index (χ0n) is 11.6. The quantitative estimate of drug-likeness (QED) is 0.582. The van der Waals surface area contributed by atoms with Gasteiger partial charge in [-0.1, -0.05) is 20.8 Å². The normalized spacial score (nSPS) is 14.3. The largest absolute Gasteiger partial charge is 0.481 e. The van der Waals surface area contributed by atoms with Crippen LogP contribution in [0, 0.1) is 11.8 Å². The van der Waals surface area contributed by atoms with Crippen LogP contribution in [0.15, 0.2) is 0 Å². The van der Waals surface area contributed by atoms with E-state index in [0.29, 0.717) is 31.2 Å². The summed E-state index contributed by atoms with van der Waals surface area (Å²) in [6.07, 6.45) is 1.99. The van der Waals surface area contributed by atoms with Crippen molar-refractivity contribution in [3.05, 3.63) is 0 Å². The van der Waals surface area contributed by atoms with Crippen LogP contribution in [-0.2, 0) is 9.59 Å². The van der Waals surface area contributed by atoms with E-state index in [1.807, 2.05) is 20.8 Å². The first-order valence-corrected chi connectivity index (χ1v) is 6.57. The van der Waals surface area contributed by atoms with Gasteiger partial charge in [0, 0.05) is 25.4 Å². The van der Waals surface area contributed by atoms with E-state index in [1.54, 1.807) is 0 Å². The summed E-state index contributed by atoms with van der Waals surface area (Å²) in [5, 5.41) is 11.4. The third kappa shape index (κ3) is 8.98. The van der Waals surface area contributed by atoms with E-state index in [2.05, 4.69) is 5.32 Å². The predicted octanol–water partition coefficient (Wildman–Crippen LogP) is 1.37. The van der Waals surface area contributed by atoms with Crippen molar-refractivity contribution in [3.63, 3.8) is 0 Å².